The number of halogens is 3. The van der Waals surface area contributed by atoms with Crippen molar-refractivity contribution in [3.05, 3.63) is 29.3 Å². The van der Waals surface area contributed by atoms with Gasteiger partial charge in [-0.3, -0.25) is 4.79 Å². The van der Waals surface area contributed by atoms with Crippen LogP contribution in [-0.4, -0.2) is 25.7 Å². The van der Waals surface area contributed by atoms with Crippen LogP contribution < -0.4 is 4.90 Å². The smallest absolute Gasteiger partial charge is 0.370 e. The van der Waals surface area contributed by atoms with Crippen molar-refractivity contribution in [2.24, 2.45) is 0 Å². The summed E-state index contributed by atoms with van der Waals surface area (Å²) in [5.74, 6) is -0.316. The maximum absolute atomic E-state index is 12.6. The van der Waals surface area contributed by atoms with Crippen LogP contribution >= 0.6 is 0 Å². The van der Waals surface area contributed by atoms with E-state index in [2.05, 4.69) is 0 Å². The highest BCUT2D eigenvalue weighted by molar-refractivity contribution is 5.95. The molecule has 0 unspecified atom stereocenters. The molecule has 0 aliphatic carbocycles. The maximum Gasteiger partial charge on any atom is 0.416 e. The lowest BCUT2D eigenvalue weighted by Crippen LogP contribution is -2.42. The molecule has 0 radical (unpaired) electrons. The third-order valence-corrected chi connectivity index (χ3v) is 2.81. The van der Waals surface area contributed by atoms with Crippen LogP contribution in [0.4, 0.5) is 18.9 Å². The minimum atomic E-state index is -4.40. The summed E-state index contributed by atoms with van der Waals surface area (Å²) in [5.41, 5.74) is 0.193. The number of alkyl halides is 3. The van der Waals surface area contributed by atoms with Crippen LogP contribution in [0.5, 0.6) is 0 Å². The molecule has 1 fully saturated rings. The van der Waals surface area contributed by atoms with E-state index in [1.165, 1.54) is 11.0 Å². The van der Waals surface area contributed by atoms with Crippen molar-refractivity contribution >= 4 is 11.6 Å². The SMILES string of the molecule is Cc1ccc(C(F)(F)F)cc1N1CCOCC1=O. The third kappa shape index (κ3) is 2.48. The van der Waals surface area contributed by atoms with Crippen LogP contribution in [0.3, 0.4) is 0 Å². The molecule has 1 saturated heterocycles. The fourth-order valence-electron chi connectivity index (χ4n) is 1.85. The summed E-state index contributed by atoms with van der Waals surface area (Å²) in [7, 11) is 0. The lowest BCUT2D eigenvalue weighted by atomic mass is 10.1. The summed E-state index contributed by atoms with van der Waals surface area (Å²) in [4.78, 5) is 13.0. The van der Waals surface area contributed by atoms with Gasteiger partial charge in [0.15, 0.2) is 0 Å². The molecule has 6 heteroatoms. The van der Waals surface area contributed by atoms with Crippen LogP contribution in [0, 0.1) is 6.92 Å². The lowest BCUT2D eigenvalue weighted by Gasteiger charge is -2.28. The van der Waals surface area contributed by atoms with E-state index in [9.17, 15) is 18.0 Å². The molecule has 3 nitrogen and oxygen atoms in total. The van der Waals surface area contributed by atoms with E-state index in [0.29, 0.717) is 17.9 Å². The quantitative estimate of drug-likeness (QED) is 0.775. The van der Waals surface area contributed by atoms with Gasteiger partial charge in [-0.1, -0.05) is 6.07 Å². The second-order valence-electron chi connectivity index (χ2n) is 4.10. The first-order valence-corrected chi connectivity index (χ1v) is 5.45. The highest BCUT2D eigenvalue weighted by atomic mass is 19.4. The second-order valence-corrected chi connectivity index (χ2v) is 4.10. The van der Waals surface area contributed by atoms with E-state index in [1.807, 2.05) is 0 Å². The average molecular weight is 259 g/mol. The summed E-state index contributed by atoms with van der Waals surface area (Å²) in [6.45, 7) is 2.20. The zero-order chi connectivity index (χ0) is 13.3. The molecule has 1 amide bonds. The van der Waals surface area contributed by atoms with Gasteiger partial charge in [-0.05, 0) is 24.6 Å². The molecule has 1 aromatic rings. The van der Waals surface area contributed by atoms with Crippen LogP contribution in [-0.2, 0) is 15.7 Å². The molecule has 2 rings (SSSR count). The van der Waals surface area contributed by atoms with Gasteiger partial charge in [0.05, 0.1) is 12.2 Å². The monoisotopic (exact) mass is 259 g/mol. The van der Waals surface area contributed by atoms with E-state index >= 15 is 0 Å². The largest absolute Gasteiger partial charge is 0.416 e. The molecule has 0 aromatic heterocycles. The van der Waals surface area contributed by atoms with Gasteiger partial charge in [0, 0.05) is 12.2 Å². The Morgan fingerprint density at radius 3 is 2.67 bits per heavy atom. The average Bonchev–Trinajstić information content (AvgIpc) is 2.29. The molecule has 0 bridgehead atoms. The summed E-state index contributed by atoms with van der Waals surface area (Å²) >= 11 is 0. The molecule has 0 saturated carbocycles. The van der Waals surface area contributed by atoms with Gasteiger partial charge in [0.2, 0.25) is 0 Å². The second kappa shape index (κ2) is 4.61. The standard InChI is InChI=1S/C12H12F3NO2/c1-8-2-3-9(12(13,14)15)6-10(8)16-4-5-18-7-11(16)17/h2-3,6H,4-5,7H2,1H3. The molecule has 1 aliphatic heterocycles. The number of hydrogen-bond donors (Lipinski definition) is 0. The number of rotatable bonds is 1. The normalized spacial score (nSPS) is 17.1. The Morgan fingerprint density at radius 1 is 1.33 bits per heavy atom. The number of hydrogen-bond acceptors (Lipinski definition) is 2. The van der Waals surface area contributed by atoms with Crippen molar-refractivity contribution in [1.29, 1.82) is 0 Å². The topological polar surface area (TPSA) is 29.5 Å². The van der Waals surface area contributed by atoms with Gasteiger partial charge in [-0.25, -0.2) is 0 Å². The van der Waals surface area contributed by atoms with Crippen LogP contribution in [0.25, 0.3) is 0 Å². The minimum absolute atomic E-state index is 0.0876. The van der Waals surface area contributed by atoms with Gasteiger partial charge >= 0.3 is 6.18 Å². The summed E-state index contributed by atoms with van der Waals surface area (Å²) in [6, 6.07) is 3.41. The van der Waals surface area contributed by atoms with Crippen molar-refractivity contribution in [2.45, 2.75) is 13.1 Å². The third-order valence-electron chi connectivity index (χ3n) is 2.81. The van der Waals surface area contributed by atoms with Gasteiger partial charge in [-0.15, -0.1) is 0 Å². The zero-order valence-corrected chi connectivity index (χ0v) is 9.75. The number of nitrogens with zero attached hydrogens (tertiary/aromatic N) is 1. The predicted octanol–water partition coefficient (Wildman–Crippen LogP) is 2.38. The Morgan fingerprint density at radius 2 is 2.06 bits per heavy atom. The Balaban J connectivity index is 2.40. The van der Waals surface area contributed by atoms with Crippen LogP contribution in [0.2, 0.25) is 0 Å². The number of benzene rings is 1. The zero-order valence-electron chi connectivity index (χ0n) is 9.75. The molecular weight excluding hydrogens is 247 g/mol. The molecule has 1 heterocycles. The fraction of sp³-hybridized carbons (Fsp3) is 0.417. The summed E-state index contributed by atoms with van der Waals surface area (Å²) in [6.07, 6.45) is -4.40. The van der Waals surface area contributed by atoms with Crippen molar-refractivity contribution in [3.8, 4) is 0 Å². The first kappa shape index (κ1) is 12.9. The summed E-state index contributed by atoms with van der Waals surface area (Å²) < 4.78 is 42.9. The molecule has 0 spiro atoms. The Kier molecular flexibility index (Phi) is 3.30. The number of carbonyl (C=O) groups is 1. The molecular formula is C12H12F3NO2. The van der Waals surface area contributed by atoms with E-state index in [1.54, 1.807) is 6.92 Å². The number of amides is 1. The van der Waals surface area contributed by atoms with Crippen LogP contribution in [0.1, 0.15) is 11.1 Å². The van der Waals surface area contributed by atoms with E-state index in [0.717, 1.165) is 12.1 Å². The molecule has 1 aliphatic rings. The van der Waals surface area contributed by atoms with Gasteiger partial charge in [-0.2, -0.15) is 13.2 Å². The summed E-state index contributed by atoms with van der Waals surface area (Å²) in [5, 5.41) is 0. The Labute approximate surface area is 102 Å². The fourth-order valence-corrected chi connectivity index (χ4v) is 1.85. The number of anilines is 1. The molecule has 1 aromatic carbocycles. The van der Waals surface area contributed by atoms with Crippen molar-refractivity contribution in [1.82, 2.24) is 0 Å². The highest BCUT2D eigenvalue weighted by Gasteiger charge is 2.32. The van der Waals surface area contributed by atoms with Crippen LogP contribution in [0.15, 0.2) is 18.2 Å². The Hall–Kier alpha value is -1.56. The number of carbonyl (C=O) groups excluding carboxylic acids is 1. The molecule has 18 heavy (non-hydrogen) atoms. The van der Waals surface area contributed by atoms with E-state index in [-0.39, 0.29) is 19.1 Å². The first-order chi connectivity index (χ1) is 8.39. The highest BCUT2D eigenvalue weighted by Crippen LogP contribution is 2.33. The number of ether oxygens (including phenoxy) is 1. The molecule has 0 N–H and O–H groups in total. The first-order valence-electron chi connectivity index (χ1n) is 5.45. The van der Waals surface area contributed by atoms with Gasteiger partial charge in [0.1, 0.15) is 6.61 Å². The minimum Gasteiger partial charge on any atom is -0.370 e. The molecule has 98 valence electrons. The van der Waals surface area contributed by atoms with Crippen molar-refractivity contribution in [2.75, 3.05) is 24.7 Å². The Bertz CT molecular complexity index is 471. The molecule has 0 atom stereocenters. The number of morpholine rings is 1. The van der Waals surface area contributed by atoms with E-state index < -0.39 is 11.7 Å². The maximum atomic E-state index is 12.6. The number of aryl methyl sites for hydroxylation is 1. The predicted molar refractivity (Wildman–Crippen MR) is 59.4 cm³/mol. The lowest BCUT2D eigenvalue weighted by molar-refractivity contribution is -0.137. The van der Waals surface area contributed by atoms with Crippen molar-refractivity contribution in [3.63, 3.8) is 0 Å². The van der Waals surface area contributed by atoms with Gasteiger partial charge in [0.25, 0.3) is 5.91 Å². The van der Waals surface area contributed by atoms with Gasteiger partial charge < -0.3 is 9.64 Å². The van der Waals surface area contributed by atoms with E-state index in [4.69, 9.17) is 4.74 Å². The van der Waals surface area contributed by atoms with Crippen molar-refractivity contribution < 1.29 is 22.7 Å².